The standard InChI is InChI=1S/C23H20O7/c1-3-22(2)12-10-14-13-17(24)19(25)23(14,29)11-6-9-18(22)30-21(28)16-8-5-4-7-15(16)20(26)27/h3-5,7-8,13,17-19,24-25,29H,1,11H2,2H3,(H,26,27)/t17-,18+,19+,22-,23?/m1/s1. The molecule has 7 heteroatoms. The number of hydrogen-bond donors (Lipinski definition) is 4. The third-order valence-corrected chi connectivity index (χ3v) is 5.25. The Balaban J connectivity index is 2.00. The molecule has 0 bridgehead atoms. The van der Waals surface area contributed by atoms with Crippen LogP contribution < -0.4 is 0 Å². The Labute approximate surface area is 173 Å². The Morgan fingerprint density at radius 1 is 1.27 bits per heavy atom. The van der Waals surface area contributed by atoms with Gasteiger partial charge in [0.1, 0.15) is 17.8 Å². The summed E-state index contributed by atoms with van der Waals surface area (Å²) >= 11 is 0. The van der Waals surface area contributed by atoms with Crippen molar-refractivity contribution in [3.8, 4) is 23.7 Å². The molecule has 5 atom stereocenters. The number of carboxylic acid groups (broad SMARTS) is 1. The largest absolute Gasteiger partial charge is 0.478 e. The Kier molecular flexibility index (Phi) is 5.56. The summed E-state index contributed by atoms with van der Waals surface area (Å²) in [5.74, 6) is 8.85. The SMILES string of the molecule is C=C[C@]1(C)C#CC2=C[C@@H](O)[C@H](O)C2(O)CC#C[C@@H]1OC(=O)c1ccccc1C(=O)O. The van der Waals surface area contributed by atoms with Crippen molar-refractivity contribution >= 4 is 11.9 Å². The van der Waals surface area contributed by atoms with Gasteiger partial charge in [0.15, 0.2) is 6.10 Å². The van der Waals surface area contributed by atoms with Crippen LogP contribution in [0.15, 0.2) is 48.6 Å². The van der Waals surface area contributed by atoms with Gasteiger partial charge in [-0.25, -0.2) is 9.59 Å². The number of rotatable bonds is 4. The molecule has 0 fully saturated rings. The van der Waals surface area contributed by atoms with Gasteiger partial charge in [-0.2, -0.15) is 0 Å². The van der Waals surface area contributed by atoms with E-state index in [0.29, 0.717) is 0 Å². The van der Waals surface area contributed by atoms with E-state index in [4.69, 9.17) is 4.74 Å². The first-order valence-electron chi connectivity index (χ1n) is 9.11. The first kappa shape index (κ1) is 21.4. The summed E-state index contributed by atoms with van der Waals surface area (Å²) in [5, 5.41) is 40.1. The van der Waals surface area contributed by atoms with Crippen molar-refractivity contribution in [3.63, 3.8) is 0 Å². The molecule has 0 aromatic heterocycles. The molecule has 0 aliphatic heterocycles. The van der Waals surface area contributed by atoms with Crippen molar-refractivity contribution in [2.75, 3.05) is 0 Å². The molecule has 1 aromatic rings. The minimum Gasteiger partial charge on any atom is -0.478 e. The molecule has 0 amide bonds. The van der Waals surface area contributed by atoms with E-state index < -0.39 is 41.3 Å². The molecular formula is C23H20O7. The number of ether oxygens (including phenoxy) is 1. The zero-order chi connectivity index (χ0) is 22.1. The van der Waals surface area contributed by atoms with Gasteiger partial charge in [0.2, 0.25) is 0 Å². The predicted octanol–water partition coefficient (Wildman–Crippen LogP) is 0.906. The first-order valence-corrected chi connectivity index (χ1v) is 9.11. The third-order valence-electron chi connectivity index (χ3n) is 5.25. The van der Waals surface area contributed by atoms with Crippen LogP contribution >= 0.6 is 0 Å². The zero-order valence-corrected chi connectivity index (χ0v) is 16.1. The number of aliphatic hydroxyl groups is 3. The molecule has 0 saturated carbocycles. The molecule has 30 heavy (non-hydrogen) atoms. The van der Waals surface area contributed by atoms with Crippen LogP contribution in [0.1, 0.15) is 34.1 Å². The molecule has 154 valence electrons. The Hall–Kier alpha value is -3.36. The monoisotopic (exact) mass is 408 g/mol. The Morgan fingerprint density at radius 2 is 1.93 bits per heavy atom. The lowest BCUT2D eigenvalue weighted by molar-refractivity contribution is -0.0716. The van der Waals surface area contributed by atoms with Crippen LogP contribution in [0, 0.1) is 29.1 Å². The molecule has 2 aliphatic rings. The lowest BCUT2D eigenvalue weighted by Crippen LogP contribution is -2.44. The van der Waals surface area contributed by atoms with Gasteiger partial charge >= 0.3 is 11.9 Å². The smallest absolute Gasteiger partial charge is 0.340 e. The molecule has 7 nitrogen and oxygen atoms in total. The molecule has 4 N–H and O–H groups in total. The number of aliphatic hydroxyl groups excluding tert-OH is 2. The van der Waals surface area contributed by atoms with Crippen molar-refractivity contribution in [1.29, 1.82) is 0 Å². The number of carboxylic acids is 1. The number of carbonyl (C=O) groups is 2. The van der Waals surface area contributed by atoms with Gasteiger partial charge in [-0.05, 0) is 25.1 Å². The lowest BCUT2D eigenvalue weighted by Gasteiger charge is -2.27. The highest BCUT2D eigenvalue weighted by molar-refractivity contribution is 6.02. The molecule has 0 heterocycles. The van der Waals surface area contributed by atoms with Gasteiger partial charge in [0, 0.05) is 12.0 Å². The summed E-state index contributed by atoms with van der Waals surface area (Å²) in [6.07, 6.45) is -1.45. The predicted molar refractivity (Wildman–Crippen MR) is 106 cm³/mol. The summed E-state index contributed by atoms with van der Waals surface area (Å²) < 4.78 is 5.51. The number of hydrogen-bond acceptors (Lipinski definition) is 6. The van der Waals surface area contributed by atoms with Crippen LogP contribution in [-0.4, -0.2) is 56.3 Å². The van der Waals surface area contributed by atoms with Gasteiger partial charge in [-0.15, -0.1) is 6.58 Å². The van der Waals surface area contributed by atoms with E-state index in [2.05, 4.69) is 30.3 Å². The summed E-state index contributed by atoms with van der Waals surface area (Å²) in [4.78, 5) is 24.1. The molecule has 1 aromatic carbocycles. The normalized spacial score (nSPS) is 31.9. The molecular weight excluding hydrogens is 388 g/mol. The lowest BCUT2D eigenvalue weighted by atomic mass is 9.84. The second-order valence-electron chi connectivity index (χ2n) is 7.31. The van der Waals surface area contributed by atoms with Crippen LogP contribution in [0.2, 0.25) is 0 Å². The molecule has 0 radical (unpaired) electrons. The van der Waals surface area contributed by atoms with Crippen LogP contribution in [0.4, 0.5) is 0 Å². The molecule has 3 rings (SSSR count). The maximum atomic E-state index is 12.7. The molecule has 0 saturated heterocycles. The topological polar surface area (TPSA) is 124 Å². The summed E-state index contributed by atoms with van der Waals surface area (Å²) in [7, 11) is 0. The van der Waals surface area contributed by atoms with Crippen molar-refractivity contribution in [2.24, 2.45) is 5.41 Å². The molecule has 2 aliphatic carbocycles. The summed E-state index contributed by atoms with van der Waals surface area (Å²) in [6, 6.07) is 5.63. The fourth-order valence-electron chi connectivity index (χ4n) is 3.22. The fraction of sp³-hybridized carbons (Fsp3) is 0.304. The number of carbonyl (C=O) groups excluding carboxylic acids is 1. The highest BCUT2D eigenvalue weighted by Gasteiger charge is 2.48. The second-order valence-corrected chi connectivity index (χ2v) is 7.31. The van der Waals surface area contributed by atoms with E-state index in [1.807, 2.05) is 0 Å². The van der Waals surface area contributed by atoms with Gasteiger partial charge in [-0.3, -0.25) is 0 Å². The molecule has 1 unspecified atom stereocenters. The fourth-order valence-corrected chi connectivity index (χ4v) is 3.22. The number of fused-ring (bicyclic) bond motifs is 1. The maximum absolute atomic E-state index is 12.7. The summed E-state index contributed by atoms with van der Waals surface area (Å²) in [6.45, 7) is 5.35. The van der Waals surface area contributed by atoms with E-state index in [1.165, 1.54) is 36.4 Å². The van der Waals surface area contributed by atoms with Crippen LogP contribution in [-0.2, 0) is 4.74 Å². The van der Waals surface area contributed by atoms with Crippen molar-refractivity contribution < 1.29 is 34.8 Å². The maximum Gasteiger partial charge on any atom is 0.340 e. The van der Waals surface area contributed by atoms with E-state index in [0.717, 1.165) is 0 Å². The minimum atomic E-state index is -1.85. The number of esters is 1. The van der Waals surface area contributed by atoms with Crippen LogP contribution in [0.25, 0.3) is 0 Å². The quantitative estimate of drug-likeness (QED) is 0.332. The van der Waals surface area contributed by atoms with Gasteiger partial charge in [-0.1, -0.05) is 41.9 Å². The molecule has 0 spiro atoms. The van der Waals surface area contributed by atoms with Gasteiger partial charge in [0.25, 0.3) is 0 Å². The minimum absolute atomic E-state index is 0.119. The van der Waals surface area contributed by atoms with E-state index >= 15 is 0 Å². The zero-order valence-electron chi connectivity index (χ0n) is 16.1. The highest BCUT2D eigenvalue weighted by Crippen LogP contribution is 2.35. The Morgan fingerprint density at radius 3 is 2.57 bits per heavy atom. The summed E-state index contributed by atoms with van der Waals surface area (Å²) in [5.41, 5.74) is -3.26. The highest BCUT2D eigenvalue weighted by atomic mass is 16.5. The van der Waals surface area contributed by atoms with Crippen LogP contribution in [0.3, 0.4) is 0 Å². The first-order chi connectivity index (χ1) is 14.1. The van der Waals surface area contributed by atoms with Crippen molar-refractivity contribution in [2.45, 2.75) is 37.3 Å². The average Bonchev–Trinajstić information content (AvgIpc) is 2.96. The van der Waals surface area contributed by atoms with E-state index in [1.54, 1.807) is 6.92 Å². The van der Waals surface area contributed by atoms with Crippen molar-refractivity contribution in [1.82, 2.24) is 0 Å². The van der Waals surface area contributed by atoms with Gasteiger partial charge in [0.05, 0.1) is 16.5 Å². The van der Waals surface area contributed by atoms with E-state index in [9.17, 15) is 30.0 Å². The average molecular weight is 408 g/mol. The van der Waals surface area contributed by atoms with Crippen molar-refractivity contribution in [3.05, 3.63) is 59.7 Å². The van der Waals surface area contributed by atoms with E-state index in [-0.39, 0.29) is 23.1 Å². The van der Waals surface area contributed by atoms with Crippen LogP contribution in [0.5, 0.6) is 0 Å². The third kappa shape index (κ3) is 3.62. The number of benzene rings is 1. The van der Waals surface area contributed by atoms with Gasteiger partial charge < -0.3 is 25.2 Å². The Bertz CT molecular complexity index is 1060. The second kappa shape index (κ2) is 7.81. The number of aromatic carboxylic acids is 1.